The lowest BCUT2D eigenvalue weighted by Crippen LogP contribution is -2.50. The Balaban J connectivity index is 2.44. The second-order valence-corrected chi connectivity index (χ2v) is 4.47. The SMILES string of the molecule is CCOC(=O)/C=C/C(C)(C)NN1CCOCCO1. The number of esters is 1. The lowest BCUT2D eigenvalue weighted by molar-refractivity contribution is -0.197. The van der Waals surface area contributed by atoms with E-state index >= 15 is 0 Å². The van der Waals surface area contributed by atoms with Crippen LogP contribution in [0.3, 0.4) is 0 Å². The fraction of sp³-hybridized carbons (Fsp3) is 0.750. The van der Waals surface area contributed by atoms with E-state index in [1.54, 1.807) is 18.2 Å². The van der Waals surface area contributed by atoms with Crippen LogP contribution in [-0.2, 0) is 19.1 Å². The summed E-state index contributed by atoms with van der Waals surface area (Å²) in [6, 6.07) is 0. The molecule has 0 saturated carbocycles. The van der Waals surface area contributed by atoms with Gasteiger partial charge >= 0.3 is 5.97 Å². The zero-order chi connectivity index (χ0) is 13.4. The van der Waals surface area contributed by atoms with Gasteiger partial charge in [-0.3, -0.25) is 4.84 Å². The molecule has 1 rings (SSSR count). The summed E-state index contributed by atoms with van der Waals surface area (Å²) in [4.78, 5) is 16.7. The van der Waals surface area contributed by atoms with Gasteiger partial charge in [0.1, 0.15) is 0 Å². The molecular formula is C12H22N2O4. The third kappa shape index (κ3) is 6.11. The number of hydrogen-bond donors (Lipinski definition) is 1. The topological polar surface area (TPSA) is 60.0 Å². The first-order chi connectivity index (χ1) is 8.53. The highest BCUT2D eigenvalue weighted by molar-refractivity contribution is 5.82. The highest BCUT2D eigenvalue weighted by Gasteiger charge is 2.20. The van der Waals surface area contributed by atoms with Crippen LogP contribution in [0.15, 0.2) is 12.2 Å². The molecular weight excluding hydrogens is 236 g/mol. The van der Waals surface area contributed by atoms with Crippen LogP contribution in [0.1, 0.15) is 20.8 Å². The van der Waals surface area contributed by atoms with Gasteiger partial charge in [0.05, 0.1) is 33.0 Å². The molecule has 0 radical (unpaired) electrons. The third-order valence-corrected chi connectivity index (χ3v) is 2.25. The van der Waals surface area contributed by atoms with Crippen LogP contribution in [0.25, 0.3) is 0 Å². The Morgan fingerprint density at radius 1 is 1.44 bits per heavy atom. The Labute approximate surface area is 108 Å². The van der Waals surface area contributed by atoms with E-state index in [0.29, 0.717) is 33.0 Å². The minimum absolute atomic E-state index is 0.340. The minimum Gasteiger partial charge on any atom is -0.463 e. The molecule has 1 saturated heterocycles. The van der Waals surface area contributed by atoms with Crippen molar-refractivity contribution in [1.82, 2.24) is 10.6 Å². The second-order valence-electron chi connectivity index (χ2n) is 4.47. The molecule has 0 aromatic heterocycles. The Hall–Kier alpha value is -0.950. The van der Waals surface area contributed by atoms with Gasteiger partial charge in [0, 0.05) is 11.6 Å². The molecule has 1 aliphatic heterocycles. The maximum Gasteiger partial charge on any atom is 0.330 e. The number of nitrogens with zero attached hydrogens (tertiary/aromatic N) is 1. The minimum atomic E-state index is -0.406. The summed E-state index contributed by atoms with van der Waals surface area (Å²) in [7, 11) is 0. The fourth-order valence-corrected chi connectivity index (χ4v) is 1.43. The summed E-state index contributed by atoms with van der Waals surface area (Å²) < 4.78 is 10.1. The molecule has 0 aliphatic carbocycles. The van der Waals surface area contributed by atoms with Gasteiger partial charge in [0.2, 0.25) is 0 Å². The van der Waals surface area contributed by atoms with Crippen LogP contribution < -0.4 is 5.43 Å². The lowest BCUT2D eigenvalue weighted by atomic mass is 10.1. The molecule has 0 aromatic carbocycles. The van der Waals surface area contributed by atoms with Crippen molar-refractivity contribution in [3.63, 3.8) is 0 Å². The van der Waals surface area contributed by atoms with Crippen molar-refractivity contribution in [3.8, 4) is 0 Å². The van der Waals surface area contributed by atoms with Gasteiger partial charge in [-0.15, -0.1) is 5.17 Å². The fourth-order valence-electron chi connectivity index (χ4n) is 1.43. The average Bonchev–Trinajstić information content (AvgIpc) is 2.55. The second kappa shape index (κ2) is 7.48. The Morgan fingerprint density at radius 2 is 2.22 bits per heavy atom. The van der Waals surface area contributed by atoms with E-state index in [4.69, 9.17) is 14.3 Å². The van der Waals surface area contributed by atoms with Gasteiger partial charge in [-0.05, 0) is 20.8 Å². The zero-order valence-electron chi connectivity index (χ0n) is 11.3. The smallest absolute Gasteiger partial charge is 0.330 e. The Morgan fingerprint density at radius 3 is 2.94 bits per heavy atom. The first-order valence-corrected chi connectivity index (χ1v) is 6.15. The number of ether oxygens (including phenoxy) is 2. The Kier molecular flexibility index (Phi) is 6.28. The third-order valence-electron chi connectivity index (χ3n) is 2.25. The number of hydrogen-bond acceptors (Lipinski definition) is 6. The first kappa shape index (κ1) is 15.1. The van der Waals surface area contributed by atoms with Crippen molar-refractivity contribution < 1.29 is 19.1 Å². The number of carbonyl (C=O) groups is 1. The van der Waals surface area contributed by atoms with Crippen molar-refractivity contribution in [3.05, 3.63) is 12.2 Å². The van der Waals surface area contributed by atoms with E-state index < -0.39 is 5.54 Å². The van der Waals surface area contributed by atoms with Gasteiger partial charge < -0.3 is 9.47 Å². The normalized spacial score (nSPS) is 18.8. The summed E-state index contributed by atoms with van der Waals surface area (Å²) in [6.45, 7) is 8.41. The summed E-state index contributed by atoms with van der Waals surface area (Å²) in [5.41, 5.74) is 2.76. The predicted octanol–water partition coefficient (Wildman–Crippen LogP) is 0.653. The maximum atomic E-state index is 11.2. The van der Waals surface area contributed by atoms with E-state index in [9.17, 15) is 4.79 Å². The lowest BCUT2D eigenvalue weighted by Gasteiger charge is -2.29. The van der Waals surface area contributed by atoms with E-state index in [0.717, 1.165) is 0 Å². The molecule has 6 nitrogen and oxygen atoms in total. The van der Waals surface area contributed by atoms with Crippen molar-refractivity contribution in [2.75, 3.05) is 33.0 Å². The molecule has 0 aromatic rings. The summed E-state index contributed by atoms with van der Waals surface area (Å²) in [5, 5.41) is 1.64. The number of carbonyl (C=O) groups excluding carboxylic acids is 1. The van der Waals surface area contributed by atoms with Gasteiger partial charge in [-0.1, -0.05) is 6.08 Å². The van der Waals surface area contributed by atoms with Crippen LogP contribution in [-0.4, -0.2) is 49.7 Å². The quantitative estimate of drug-likeness (QED) is 0.577. The van der Waals surface area contributed by atoms with E-state index in [-0.39, 0.29) is 5.97 Å². The molecule has 0 spiro atoms. The van der Waals surface area contributed by atoms with Crippen LogP contribution in [0.5, 0.6) is 0 Å². The summed E-state index contributed by atoms with van der Waals surface area (Å²) >= 11 is 0. The standard InChI is InChI=1S/C12H22N2O4/c1-4-17-11(15)5-6-12(2,3)13-14-7-8-16-9-10-18-14/h5-6,13H,4,7-10H2,1-3H3/b6-5+. The largest absolute Gasteiger partial charge is 0.463 e. The van der Waals surface area contributed by atoms with Crippen molar-refractivity contribution in [2.24, 2.45) is 0 Å². The van der Waals surface area contributed by atoms with Crippen LogP contribution in [0, 0.1) is 0 Å². The Bertz CT molecular complexity index is 284. The average molecular weight is 258 g/mol. The number of hydrazine groups is 1. The van der Waals surface area contributed by atoms with Crippen LogP contribution >= 0.6 is 0 Å². The van der Waals surface area contributed by atoms with Gasteiger partial charge in [0.25, 0.3) is 0 Å². The van der Waals surface area contributed by atoms with Gasteiger partial charge in [-0.2, -0.15) is 0 Å². The molecule has 1 aliphatic rings. The highest BCUT2D eigenvalue weighted by Crippen LogP contribution is 2.07. The highest BCUT2D eigenvalue weighted by atomic mass is 16.7. The zero-order valence-corrected chi connectivity index (χ0v) is 11.3. The van der Waals surface area contributed by atoms with E-state index in [1.807, 2.05) is 13.8 Å². The van der Waals surface area contributed by atoms with Crippen molar-refractivity contribution >= 4 is 5.97 Å². The molecule has 0 unspecified atom stereocenters. The number of hydroxylamine groups is 1. The van der Waals surface area contributed by atoms with Crippen LogP contribution in [0.2, 0.25) is 0 Å². The molecule has 18 heavy (non-hydrogen) atoms. The molecule has 1 heterocycles. The summed E-state index contributed by atoms with van der Waals surface area (Å²) in [5.74, 6) is -0.340. The monoisotopic (exact) mass is 258 g/mol. The molecule has 6 heteroatoms. The van der Waals surface area contributed by atoms with E-state index in [2.05, 4.69) is 5.43 Å². The van der Waals surface area contributed by atoms with Gasteiger partial charge in [0.15, 0.2) is 0 Å². The molecule has 1 N–H and O–H groups in total. The molecule has 0 bridgehead atoms. The van der Waals surface area contributed by atoms with Crippen molar-refractivity contribution in [1.29, 1.82) is 0 Å². The number of nitrogens with one attached hydrogen (secondary N) is 1. The molecule has 104 valence electrons. The van der Waals surface area contributed by atoms with Gasteiger partial charge in [-0.25, -0.2) is 10.2 Å². The maximum absolute atomic E-state index is 11.2. The molecule has 0 amide bonds. The van der Waals surface area contributed by atoms with Crippen LogP contribution in [0.4, 0.5) is 0 Å². The first-order valence-electron chi connectivity index (χ1n) is 6.15. The predicted molar refractivity (Wildman–Crippen MR) is 66.5 cm³/mol. The number of rotatable bonds is 5. The summed E-state index contributed by atoms with van der Waals surface area (Å²) in [6.07, 6.45) is 3.17. The molecule has 1 fully saturated rings. The van der Waals surface area contributed by atoms with E-state index in [1.165, 1.54) is 6.08 Å². The molecule has 0 atom stereocenters. The van der Waals surface area contributed by atoms with Crippen molar-refractivity contribution in [2.45, 2.75) is 26.3 Å².